The topological polar surface area (TPSA) is 364 Å². The van der Waals surface area contributed by atoms with E-state index in [9.17, 15) is 36.0 Å². The first kappa shape index (κ1) is 85.1. The second kappa shape index (κ2) is 36.3. The molecule has 13 heterocycles. The summed E-state index contributed by atoms with van der Waals surface area (Å²) in [4.78, 5) is 88.0. The Kier molecular flexibility index (Phi) is 25.7. The second-order valence-corrected chi connectivity index (χ2v) is 35.5. The minimum absolute atomic E-state index is 0.0159. The van der Waals surface area contributed by atoms with E-state index in [1.54, 1.807) is 75.1 Å². The number of anilines is 1. The van der Waals surface area contributed by atoms with E-state index in [1.165, 1.54) is 49.5 Å². The first-order valence-corrected chi connectivity index (χ1v) is 43.9. The third-order valence-corrected chi connectivity index (χ3v) is 25.7. The van der Waals surface area contributed by atoms with E-state index in [2.05, 4.69) is 131 Å². The average Bonchev–Trinajstić information content (AvgIpc) is 1.55. The van der Waals surface area contributed by atoms with Crippen molar-refractivity contribution < 1.29 is 40.8 Å². The summed E-state index contributed by atoms with van der Waals surface area (Å²) in [7, 11) is -6.32. The number of aryl methyl sites for hydroxylation is 6. The predicted molar refractivity (Wildman–Crippen MR) is 466 cm³/mol. The molecule has 29 nitrogen and oxygen atoms in total. The van der Waals surface area contributed by atoms with Crippen LogP contribution in [0.3, 0.4) is 0 Å². The number of halogens is 2. The molecule has 17 rings (SSSR count). The van der Waals surface area contributed by atoms with Gasteiger partial charge in [0, 0.05) is 180 Å². The molecule has 4 aromatic carbocycles. The van der Waals surface area contributed by atoms with Crippen LogP contribution in [0.5, 0.6) is 0 Å². The first-order valence-electron chi connectivity index (χ1n) is 39.5. The van der Waals surface area contributed by atoms with Crippen LogP contribution in [0.4, 0.5) is 5.95 Å². The van der Waals surface area contributed by atoms with Crippen LogP contribution in [-0.4, -0.2) is 221 Å². The van der Waals surface area contributed by atoms with Gasteiger partial charge in [-0.3, -0.25) is 36.8 Å². The molecule has 4 fully saturated rings. The Balaban J connectivity index is 0.000000131. The number of carbonyl (C=O) groups excluding carboxylic acids is 4. The van der Waals surface area contributed by atoms with E-state index < -0.39 is 19.9 Å². The number of aromatic nitrogens is 10. The van der Waals surface area contributed by atoms with Gasteiger partial charge in [-0.15, -0.1) is 0 Å². The number of nitrogens with two attached hydrogens (primary N) is 4. The van der Waals surface area contributed by atoms with Crippen LogP contribution in [0, 0.1) is 41.5 Å². The van der Waals surface area contributed by atoms with Gasteiger partial charge >= 0.3 is 0 Å². The quantitative estimate of drug-likeness (QED) is 0.0786. The molecule has 0 saturated carbocycles. The third-order valence-electron chi connectivity index (χ3n) is 22.3. The Morgan fingerprint density at radius 2 is 0.733 bits per heavy atom. The number of hydrogen-bond acceptors (Lipinski definition) is 20. The highest BCUT2D eigenvalue weighted by Crippen LogP contribution is 2.36. The first-order chi connectivity index (χ1) is 57.6. The lowest BCUT2D eigenvalue weighted by Crippen LogP contribution is -2.50. The van der Waals surface area contributed by atoms with Crippen LogP contribution in [0.15, 0.2) is 165 Å². The van der Waals surface area contributed by atoms with Gasteiger partial charge in [-0.1, -0.05) is 101 Å². The van der Waals surface area contributed by atoms with Crippen LogP contribution >= 0.6 is 23.2 Å². The summed E-state index contributed by atoms with van der Waals surface area (Å²) in [5, 5.41) is 0.994. The molecule has 13 aromatic rings. The summed E-state index contributed by atoms with van der Waals surface area (Å²) < 4.78 is 60.8. The van der Waals surface area contributed by atoms with Crippen molar-refractivity contribution in [2.75, 3.05) is 114 Å². The molecule has 0 unspecified atom stereocenters. The fourth-order valence-electron chi connectivity index (χ4n) is 15.7. The normalized spacial score (nSPS) is 15.2. The maximum atomic E-state index is 13.4. The van der Waals surface area contributed by atoms with Crippen molar-refractivity contribution in [1.82, 2.24) is 71.4 Å². The molecular weight excluding hydrogens is 1600 g/mol. The lowest BCUT2D eigenvalue weighted by molar-refractivity contribution is 0.0298. The number of rotatable bonds is 14. The van der Waals surface area contributed by atoms with Crippen LogP contribution in [0.1, 0.15) is 97.6 Å². The molecule has 8 N–H and O–H groups in total. The van der Waals surface area contributed by atoms with Gasteiger partial charge in [0.1, 0.15) is 45.4 Å². The van der Waals surface area contributed by atoms with E-state index in [-0.39, 0.29) is 54.8 Å². The summed E-state index contributed by atoms with van der Waals surface area (Å²) in [6, 6.07) is 33.7. The molecule has 4 aliphatic rings. The zero-order chi connectivity index (χ0) is 85.0. The van der Waals surface area contributed by atoms with E-state index in [0.717, 1.165) is 83.6 Å². The predicted octanol–water partition coefficient (Wildman–Crippen LogP) is 9.81. The number of piperazine rings is 2. The van der Waals surface area contributed by atoms with Gasteiger partial charge in [0.2, 0.25) is 16.0 Å². The highest BCUT2D eigenvalue weighted by molar-refractivity contribution is 7.91. The molecule has 120 heavy (non-hydrogen) atoms. The Bertz CT molecular complexity index is 6300. The number of benzene rings is 4. The number of fused-ring (bicyclic) bond motifs is 4. The molecule has 0 radical (unpaired) electrons. The largest absolute Gasteiger partial charge is 0.378 e. The van der Waals surface area contributed by atoms with Gasteiger partial charge < -0.3 is 52.2 Å². The SMILES string of the molecule is Cc1ccc(-c2cn3c(C(=O)N4CCN(S(C)(=O)=O)CC4)cnc3cc2CN)c(C)c1.Cc1ccc(-c2cn3c(C(=O)N4CCN(c5ncccn5)CC4)cnc3cc2CN)c(C)c1.Cc1ccc(-c2cn3c(C(=O)N4CCOCC4)cnc3cc2CN)c(C)c1.NCc1cc2ncc(C(=O)N3CCS(=O)(=O)CC3)n2cc1-c1ccc(Cl)cc1Cl. The Hall–Kier alpha value is -11.4. The monoisotopic (exact) mass is 1700 g/mol. The minimum Gasteiger partial charge on any atom is -0.378 e. The van der Waals surface area contributed by atoms with Gasteiger partial charge in [0.25, 0.3) is 23.6 Å². The smallest absolute Gasteiger partial charge is 0.272 e. The van der Waals surface area contributed by atoms with Crippen LogP contribution in [0.25, 0.3) is 67.1 Å². The van der Waals surface area contributed by atoms with Crippen molar-refractivity contribution in [3.63, 3.8) is 0 Å². The van der Waals surface area contributed by atoms with Crippen LogP contribution in [-0.2, 0) is 50.8 Å². The molecule has 0 spiro atoms. The number of sulfonamides is 1. The number of sulfone groups is 1. The number of pyridine rings is 4. The molecule has 4 amide bonds. The fourth-order valence-corrected chi connectivity index (χ4v) is 18.2. The van der Waals surface area contributed by atoms with Crippen molar-refractivity contribution >= 4 is 95.2 Å². The zero-order valence-corrected chi connectivity index (χ0v) is 71.1. The highest BCUT2D eigenvalue weighted by Gasteiger charge is 2.32. The lowest BCUT2D eigenvalue weighted by Gasteiger charge is -2.34. The van der Waals surface area contributed by atoms with Gasteiger partial charge in [0.15, 0.2) is 9.84 Å². The molecule has 624 valence electrons. The maximum Gasteiger partial charge on any atom is 0.272 e. The molecule has 4 saturated heterocycles. The van der Waals surface area contributed by atoms with E-state index in [1.807, 2.05) is 61.5 Å². The van der Waals surface area contributed by atoms with Crippen LogP contribution in [0.2, 0.25) is 10.0 Å². The third kappa shape index (κ3) is 18.4. The molecule has 9 aromatic heterocycles. The van der Waals surface area contributed by atoms with Gasteiger partial charge in [-0.05, 0) is 140 Å². The van der Waals surface area contributed by atoms with Gasteiger partial charge in [-0.2, -0.15) is 4.31 Å². The maximum absolute atomic E-state index is 13.4. The number of amides is 4. The molecule has 0 atom stereocenters. The summed E-state index contributed by atoms with van der Waals surface area (Å²) in [5.74, 6) is 0.179. The van der Waals surface area contributed by atoms with E-state index in [4.69, 9.17) is 50.9 Å². The number of ether oxygens (including phenoxy) is 1. The molecule has 33 heteroatoms. The molecule has 0 aliphatic carbocycles. The van der Waals surface area contributed by atoms with Crippen molar-refractivity contribution in [1.29, 1.82) is 0 Å². The van der Waals surface area contributed by atoms with E-state index >= 15 is 0 Å². The Morgan fingerprint density at radius 3 is 1.07 bits per heavy atom. The Labute approximate surface area is 706 Å². The molecule has 4 aliphatic heterocycles. The summed E-state index contributed by atoms with van der Waals surface area (Å²) >= 11 is 12.4. The van der Waals surface area contributed by atoms with Gasteiger partial charge in [0.05, 0.1) is 55.8 Å². The number of morpholine rings is 1. The fraction of sp³-hybridized carbons (Fsp3) is 0.310. The number of carbonyl (C=O) groups is 4. The Morgan fingerprint density at radius 1 is 0.408 bits per heavy atom. The number of imidazole rings is 4. The van der Waals surface area contributed by atoms with Crippen molar-refractivity contribution in [2.24, 2.45) is 22.9 Å². The summed E-state index contributed by atoms with van der Waals surface area (Å²) in [6.45, 7) is 20.5. The summed E-state index contributed by atoms with van der Waals surface area (Å²) in [6.07, 6.45) is 18.8. The second-order valence-electron chi connectivity index (χ2n) is 30.4. The van der Waals surface area contributed by atoms with Crippen molar-refractivity contribution in [3.05, 3.63) is 254 Å². The average molecular weight is 1700 g/mol. The molecular formula is C87H96Cl2N20O9S2. The van der Waals surface area contributed by atoms with Gasteiger partial charge in [-0.25, -0.2) is 46.7 Å². The number of nitrogens with zero attached hydrogens (tertiary/aromatic N) is 16. The highest BCUT2D eigenvalue weighted by atomic mass is 35.5. The molecule has 0 bridgehead atoms. The minimum atomic E-state index is -3.25. The van der Waals surface area contributed by atoms with Crippen molar-refractivity contribution in [2.45, 2.75) is 67.7 Å². The van der Waals surface area contributed by atoms with E-state index in [0.29, 0.717) is 148 Å². The number of hydrogen-bond donors (Lipinski definition) is 4. The standard InChI is InChI=1S/C25H27N7O.C22H27N5O3S.C21H24N4O2.C19H18Cl2N4O3S/c1-17-4-5-20(18(2)12-17)21-16-32-22(15-29-23(32)13-19(21)14-26)24(33)30-8-10-31(11-9-30)25-27-6-3-7-28-25;1-15-4-5-18(16(2)10-15)19-14-27-20(13-24-21(27)11-17(19)12-23)22(28)25-6-8-26(9-7-25)31(3,29)30;1-14-3-4-17(15(2)9-14)18-13-25-19(12-23-20(25)10-16(18)11-22)21(26)24-5-7-27-8-6-24;20-13-1-2-14(16(21)8-13)15-11-25-17(10-23-18(25)7-12(15)9-22)19(26)24-3-5-29(27,28)6-4-24/h3-7,12-13,15-16H,8-11,14,26H2,1-2H3;4-5,10-11,13-14H,6-9,12,23H2,1-3H3;3-4,9-10,12-13H,5-8,11,22H2,1-2H3;1-2,7-8,10-11H,3-6,9,22H2. The van der Waals surface area contributed by atoms with Crippen LogP contribution < -0.4 is 27.8 Å². The lowest BCUT2D eigenvalue weighted by atomic mass is 9.96. The zero-order valence-electron chi connectivity index (χ0n) is 67.9. The van der Waals surface area contributed by atoms with Crippen molar-refractivity contribution in [3.8, 4) is 44.5 Å². The summed E-state index contributed by atoms with van der Waals surface area (Å²) in [5.41, 5.74) is 47.5.